The Morgan fingerprint density at radius 1 is 1.00 bits per heavy atom. The number of hydrogen-bond donors (Lipinski definition) is 0. The third-order valence-electron chi connectivity index (χ3n) is 7.96. The number of rotatable bonds is 8. The van der Waals surface area contributed by atoms with E-state index in [-0.39, 0.29) is 35.3 Å². The van der Waals surface area contributed by atoms with Gasteiger partial charge in [-0.2, -0.15) is 0 Å². The molecule has 0 spiro atoms. The fourth-order valence-electron chi connectivity index (χ4n) is 5.42. The van der Waals surface area contributed by atoms with E-state index in [9.17, 15) is 18.4 Å². The predicted molar refractivity (Wildman–Crippen MR) is 140 cm³/mol. The van der Waals surface area contributed by atoms with Gasteiger partial charge in [-0.15, -0.1) is 0 Å². The third kappa shape index (κ3) is 6.95. The van der Waals surface area contributed by atoms with Crippen molar-refractivity contribution in [3.05, 3.63) is 65.2 Å². The molecule has 0 saturated carbocycles. The Bertz CT molecular complexity index is 1070. The van der Waals surface area contributed by atoms with Crippen LogP contribution in [0.5, 0.6) is 0 Å². The average molecular weight is 513 g/mol. The molecule has 37 heavy (non-hydrogen) atoms. The molecule has 2 aromatic carbocycles. The van der Waals surface area contributed by atoms with Gasteiger partial charge in [-0.3, -0.25) is 14.5 Å². The van der Waals surface area contributed by atoms with Crippen LogP contribution in [0.2, 0.25) is 0 Å². The molecular formula is C30H38F2N2O3. The van der Waals surface area contributed by atoms with Crippen molar-refractivity contribution in [1.29, 1.82) is 0 Å². The number of hydrogen-bond acceptors (Lipinski definition) is 4. The van der Waals surface area contributed by atoms with E-state index >= 15 is 0 Å². The maximum atomic E-state index is 14.3. The fourth-order valence-corrected chi connectivity index (χ4v) is 5.42. The van der Waals surface area contributed by atoms with Crippen molar-refractivity contribution in [3.8, 4) is 0 Å². The Morgan fingerprint density at radius 3 is 2.41 bits per heavy atom. The van der Waals surface area contributed by atoms with Gasteiger partial charge >= 0.3 is 5.97 Å². The first kappa shape index (κ1) is 27.2. The van der Waals surface area contributed by atoms with E-state index in [2.05, 4.69) is 4.90 Å². The van der Waals surface area contributed by atoms with Gasteiger partial charge in [0.15, 0.2) is 0 Å². The lowest BCUT2D eigenvalue weighted by Gasteiger charge is -2.33. The number of likely N-dealkylation sites (tertiary alicyclic amines) is 1. The molecule has 200 valence electrons. The number of ether oxygens (including phenoxy) is 1. The minimum Gasteiger partial charge on any atom is -0.465 e. The maximum Gasteiger partial charge on any atom is 0.308 e. The number of carbonyl (C=O) groups excluding carboxylic acids is 2. The van der Waals surface area contributed by atoms with E-state index in [1.165, 1.54) is 24.3 Å². The SMILES string of the molecule is CC[C@H](C)C(=O)OCCC1CCN(CC(=O)N2CCCC(c3ccc(F)cc3)c3ccc(F)cc32)CC1. The van der Waals surface area contributed by atoms with Gasteiger partial charge in [-0.25, -0.2) is 8.78 Å². The van der Waals surface area contributed by atoms with Crippen molar-refractivity contribution in [2.45, 2.75) is 58.3 Å². The monoisotopic (exact) mass is 512 g/mol. The minimum atomic E-state index is -0.369. The van der Waals surface area contributed by atoms with Crippen molar-refractivity contribution in [3.63, 3.8) is 0 Å². The van der Waals surface area contributed by atoms with Crippen LogP contribution >= 0.6 is 0 Å². The lowest BCUT2D eigenvalue weighted by atomic mass is 9.87. The second-order valence-electron chi connectivity index (χ2n) is 10.5. The molecule has 2 aliphatic heterocycles. The van der Waals surface area contributed by atoms with Gasteiger partial charge in [0.2, 0.25) is 5.91 Å². The van der Waals surface area contributed by atoms with Crippen molar-refractivity contribution < 1.29 is 23.1 Å². The van der Waals surface area contributed by atoms with Crippen LogP contribution in [-0.4, -0.2) is 49.6 Å². The van der Waals surface area contributed by atoms with E-state index in [0.717, 1.165) is 62.7 Å². The van der Waals surface area contributed by atoms with Crippen molar-refractivity contribution >= 4 is 17.6 Å². The Hall–Kier alpha value is -2.80. The first-order chi connectivity index (χ1) is 17.9. The Morgan fingerprint density at radius 2 is 1.70 bits per heavy atom. The van der Waals surface area contributed by atoms with E-state index in [4.69, 9.17) is 4.74 Å². The van der Waals surface area contributed by atoms with Crippen LogP contribution in [0.1, 0.15) is 69.4 Å². The molecule has 0 aromatic heterocycles. The molecule has 1 saturated heterocycles. The van der Waals surface area contributed by atoms with Crippen LogP contribution in [0.4, 0.5) is 14.5 Å². The highest BCUT2D eigenvalue weighted by molar-refractivity contribution is 5.96. The van der Waals surface area contributed by atoms with E-state index in [1.807, 2.05) is 13.8 Å². The number of halogens is 2. The Balaban J connectivity index is 1.36. The van der Waals surface area contributed by atoms with E-state index < -0.39 is 0 Å². The summed E-state index contributed by atoms with van der Waals surface area (Å²) in [6, 6.07) is 11.1. The lowest BCUT2D eigenvalue weighted by Crippen LogP contribution is -2.44. The Kier molecular flexibility index (Phi) is 9.30. The summed E-state index contributed by atoms with van der Waals surface area (Å²) in [6.07, 6.45) is 5.15. The number of esters is 1. The van der Waals surface area contributed by atoms with Crippen LogP contribution in [-0.2, 0) is 14.3 Å². The fraction of sp³-hybridized carbons (Fsp3) is 0.533. The summed E-state index contributed by atoms with van der Waals surface area (Å²) in [5, 5.41) is 0. The minimum absolute atomic E-state index is 0.0147. The summed E-state index contributed by atoms with van der Waals surface area (Å²) in [6.45, 7) is 6.79. The molecule has 0 N–H and O–H groups in total. The molecular weight excluding hydrogens is 474 g/mol. The van der Waals surface area contributed by atoms with Gasteiger partial charge < -0.3 is 9.64 Å². The zero-order valence-electron chi connectivity index (χ0n) is 21.9. The molecule has 2 heterocycles. The molecule has 0 radical (unpaired) electrons. The van der Waals surface area contributed by atoms with Crippen LogP contribution in [0, 0.1) is 23.5 Å². The highest BCUT2D eigenvalue weighted by Gasteiger charge is 2.30. The van der Waals surface area contributed by atoms with Gasteiger partial charge in [-0.05, 0) is 92.9 Å². The highest BCUT2D eigenvalue weighted by atomic mass is 19.1. The van der Waals surface area contributed by atoms with Crippen LogP contribution in [0.25, 0.3) is 0 Å². The maximum absolute atomic E-state index is 14.3. The largest absolute Gasteiger partial charge is 0.465 e. The summed E-state index contributed by atoms with van der Waals surface area (Å²) >= 11 is 0. The van der Waals surface area contributed by atoms with Gasteiger partial charge in [0.05, 0.1) is 24.8 Å². The molecule has 1 unspecified atom stereocenters. The second-order valence-corrected chi connectivity index (χ2v) is 10.5. The smallest absolute Gasteiger partial charge is 0.308 e. The van der Waals surface area contributed by atoms with Crippen molar-refractivity contribution in [1.82, 2.24) is 4.90 Å². The predicted octanol–water partition coefficient (Wildman–Crippen LogP) is 5.91. The molecule has 2 atom stereocenters. The molecule has 4 rings (SSSR count). The molecule has 7 heteroatoms. The van der Waals surface area contributed by atoms with Crippen LogP contribution < -0.4 is 4.90 Å². The number of benzene rings is 2. The summed E-state index contributed by atoms with van der Waals surface area (Å²) in [5.74, 6) is -0.388. The first-order valence-electron chi connectivity index (χ1n) is 13.6. The Labute approximate surface area is 218 Å². The summed E-state index contributed by atoms with van der Waals surface area (Å²) < 4.78 is 33.2. The average Bonchev–Trinajstić information content (AvgIpc) is 3.09. The number of anilines is 1. The van der Waals surface area contributed by atoms with E-state index in [0.29, 0.717) is 31.3 Å². The number of fused-ring (bicyclic) bond motifs is 1. The number of nitrogens with zero attached hydrogens (tertiary/aromatic N) is 2. The van der Waals surface area contributed by atoms with Gasteiger partial charge in [-0.1, -0.05) is 32.0 Å². The number of piperidine rings is 1. The number of carbonyl (C=O) groups is 2. The summed E-state index contributed by atoms with van der Waals surface area (Å²) in [7, 11) is 0. The summed E-state index contributed by atoms with van der Waals surface area (Å²) in [4.78, 5) is 29.2. The molecule has 5 nitrogen and oxygen atoms in total. The topological polar surface area (TPSA) is 49.9 Å². The molecule has 0 bridgehead atoms. The van der Waals surface area contributed by atoms with Crippen LogP contribution in [0.3, 0.4) is 0 Å². The van der Waals surface area contributed by atoms with Crippen LogP contribution in [0.15, 0.2) is 42.5 Å². The molecule has 2 aliphatic rings. The second kappa shape index (κ2) is 12.6. The zero-order valence-corrected chi connectivity index (χ0v) is 21.9. The van der Waals surface area contributed by atoms with Gasteiger partial charge in [0.25, 0.3) is 0 Å². The lowest BCUT2D eigenvalue weighted by molar-refractivity contribution is -0.148. The standard InChI is InChI=1S/C30H38F2N2O3/c1-3-21(2)30(36)37-18-14-22-12-16-33(17-13-22)20-29(35)34-15-4-5-26(23-6-8-24(31)9-7-23)27-11-10-25(32)19-28(27)34/h6-11,19,21-22,26H,3-5,12-18,20H2,1-2H3/t21-,26?/m0/s1. The van der Waals surface area contributed by atoms with Crippen molar-refractivity contribution in [2.24, 2.45) is 11.8 Å². The van der Waals surface area contributed by atoms with Gasteiger partial charge in [0.1, 0.15) is 11.6 Å². The van der Waals surface area contributed by atoms with E-state index in [1.54, 1.807) is 23.1 Å². The zero-order chi connectivity index (χ0) is 26.4. The van der Waals surface area contributed by atoms with Crippen molar-refractivity contribution in [2.75, 3.05) is 37.7 Å². The molecule has 2 aromatic rings. The molecule has 1 amide bonds. The first-order valence-corrected chi connectivity index (χ1v) is 13.6. The molecule has 0 aliphatic carbocycles. The van der Waals surface area contributed by atoms with Gasteiger partial charge in [0, 0.05) is 12.5 Å². The molecule has 1 fully saturated rings. The number of amides is 1. The third-order valence-corrected chi connectivity index (χ3v) is 7.96. The summed E-state index contributed by atoms with van der Waals surface area (Å²) in [5.41, 5.74) is 2.50. The normalized spacial score (nSPS) is 19.7. The quantitative estimate of drug-likeness (QED) is 0.413. The highest BCUT2D eigenvalue weighted by Crippen LogP contribution is 2.39.